The van der Waals surface area contributed by atoms with Crippen LogP contribution in [0.1, 0.15) is 11.7 Å². The van der Waals surface area contributed by atoms with Gasteiger partial charge in [-0.05, 0) is 5.56 Å². The second-order valence-corrected chi connectivity index (χ2v) is 2.65. The molecule has 1 aromatic carbocycles. The highest BCUT2D eigenvalue weighted by Crippen LogP contribution is 2.27. The summed E-state index contributed by atoms with van der Waals surface area (Å²) in [5, 5.41) is 8.72. The first kappa shape index (κ1) is 11.0. The van der Waals surface area contributed by atoms with E-state index in [0.717, 1.165) is 0 Å². The fourth-order valence-electron chi connectivity index (χ4n) is 1.04. The van der Waals surface area contributed by atoms with E-state index in [0.29, 0.717) is 5.56 Å². The minimum atomic E-state index is -4.73. The van der Waals surface area contributed by atoms with E-state index in [1.165, 1.54) is 12.1 Å². The zero-order chi connectivity index (χ0) is 10.6. The first-order chi connectivity index (χ1) is 6.53. The lowest BCUT2D eigenvalue weighted by molar-refractivity contribution is -0.347. The lowest BCUT2D eigenvalue weighted by Crippen LogP contribution is -2.20. The van der Waals surface area contributed by atoms with Gasteiger partial charge in [-0.2, -0.15) is 0 Å². The van der Waals surface area contributed by atoms with E-state index in [1.54, 1.807) is 18.2 Å². The molecule has 0 heterocycles. The van der Waals surface area contributed by atoms with Gasteiger partial charge in [-0.1, -0.05) is 30.3 Å². The number of ether oxygens (including phenoxy) is 1. The van der Waals surface area contributed by atoms with Crippen LogP contribution in [0.3, 0.4) is 0 Å². The van der Waals surface area contributed by atoms with E-state index in [9.17, 15) is 13.2 Å². The second kappa shape index (κ2) is 4.43. The lowest BCUT2D eigenvalue weighted by Gasteiger charge is -2.17. The summed E-state index contributed by atoms with van der Waals surface area (Å²) in [4.78, 5) is 0. The summed E-state index contributed by atoms with van der Waals surface area (Å²) in [5.74, 6) is 0. The number of benzene rings is 1. The maximum atomic E-state index is 11.8. The van der Waals surface area contributed by atoms with Gasteiger partial charge in [-0.25, -0.2) is 0 Å². The van der Waals surface area contributed by atoms with Crippen LogP contribution in [0.4, 0.5) is 13.2 Å². The molecule has 0 saturated heterocycles. The summed E-state index contributed by atoms with van der Waals surface area (Å²) < 4.78 is 39.3. The Kier molecular flexibility index (Phi) is 3.49. The Labute approximate surface area is 78.9 Å². The lowest BCUT2D eigenvalue weighted by atomic mass is 10.1. The largest absolute Gasteiger partial charge is 0.523 e. The molecule has 5 heteroatoms. The van der Waals surface area contributed by atoms with Crippen LogP contribution in [0.15, 0.2) is 30.3 Å². The maximum Gasteiger partial charge on any atom is 0.523 e. The third kappa shape index (κ3) is 3.35. The summed E-state index contributed by atoms with van der Waals surface area (Å²) in [6.07, 6.45) is -6.08. The zero-order valence-electron chi connectivity index (χ0n) is 7.16. The van der Waals surface area contributed by atoms with Gasteiger partial charge in [0.25, 0.3) is 0 Å². The minimum absolute atomic E-state index is 0.298. The van der Waals surface area contributed by atoms with Gasteiger partial charge in [-0.15, -0.1) is 13.2 Å². The van der Waals surface area contributed by atoms with Crippen molar-refractivity contribution >= 4 is 0 Å². The Bertz CT molecular complexity index is 271. The third-order valence-electron chi connectivity index (χ3n) is 1.61. The van der Waals surface area contributed by atoms with Gasteiger partial charge in [0.15, 0.2) is 0 Å². The molecule has 0 saturated carbocycles. The molecule has 1 N–H and O–H groups in total. The van der Waals surface area contributed by atoms with Crippen molar-refractivity contribution in [2.75, 3.05) is 6.61 Å². The van der Waals surface area contributed by atoms with Gasteiger partial charge in [0, 0.05) is 0 Å². The number of alkyl halides is 3. The molecular formula is C9H9F3O2. The monoisotopic (exact) mass is 206 g/mol. The second-order valence-electron chi connectivity index (χ2n) is 2.65. The van der Waals surface area contributed by atoms with Crippen molar-refractivity contribution in [1.82, 2.24) is 0 Å². The highest BCUT2D eigenvalue weighted by atomic mass is 19.4. The molecule has 1 aromatic rings. The van der Waals surface area contributed by atoms with Crippen LogP contribution >= 0.6 is 0 Å². The number of aliphatic hydroxyl groups is 1. The fourth-order valence-corrected chi connectivity index (χ4v) is 1.04. The van der Waals surface area contributed by atoms with Gasteiger partial charge in [-0.3, -0.25) is 4.74 Å². The van der Waals surface area contributed by atoms with E-state index < -0.39 is 19.1 Å². The predicted molar refractivity (Wildman–Crippen MR) is 43.4 cm³/mol. The molecule has 14 heavy (non-hydrogen) atoms. The fraction of sp³-hybridized carbons (Fsp3) is 0.333. The van der Waals surface area contributed by atoms with Crippen molar-refractivity contribution in [2.24, 2.45) is 0 Å². The molecule has 1 unspecified atom stereocenters. The minimum Gasteiger partial charge on any atom is -0.393 e. The Morgan fingerprint density at radius 2 is 1.79 bits per heavy atom. The summed E-state index contributed by atoms with van der Waals surface area (Å²) >= 11 is 0. The smallest absolute Gasteiger partial charge is 0.393 e. The summed E-state index contributed by atoms with van der Waals surface area (Å²) in [7, 11) is 0. The number of aliphatic hydroxyl groups excluding tert-OH is 1. The van der Waals surface area contributed by atoms with Crippen molar-refractivity contribution in [1.29, 1.82) is 0 Å². The molecule has 1 atom stereocenters. The standard InChI is InChI=1S/C9H9F3O2/c10-9(11,12)14-8(6-13)7-4-2-1-3-5-7/h1-5,8,13H,6H2. The van der Waals surface area contributed by atoms with Crippen LogP contribution in [0.5, 0.6) is 0 Å². The van der Waals surface area contributed by atoms with Crippen molar-refractivity contribution in [3.05, 3.63) is 35.9 Å². The Morgan fingerprint density at radius 1 is 1.21 bits per heavy atom. The number of rotatable bonds is 3. The van der Waals surface area contributed by atoms with E-state index in [-0.39, 0.29) is 0 Å². The molecule has 0 spiro atoms. The van der Waals surface area contributed by atoms with Crippen LogP contribution in [0, 0.1) is 0 Å². The molecule has 0 aliphatic rings. The van der Waals surface area contributed by atoms with Crippen molar-refractivity contribution < 1.29 is 23.0 Å². The third-order valence-corrected chi connectivity index (χ3v) is 1.61. The number of hydrogen-bond acceptors (Lipinski definition) is 2. The van der Waals surface area contributed by atoms with E-state index in [2.05, 4.69) is 4.74 Å². The van der Waals surface area contributed by atoms with Gasteiger partial charge in [0.1, 0.15) is 6.10 Å². The molecular weight excluding hydrogens is 197 g/mol. The van der Waals surface area contributed by atoms with E-state index in [4.69, 9.17) is 5.11 Å². The van der Waals surface area contributed by atoms with Gasteiger partial charge >= 0.3 is 6.36 Å². The van der Waals surface area contributed by atoms with Crippen LogP contribution in [0.25, 0.3) is 0 Å². The topological polar surface area (TPSA) is 29.5 Å². The van der Waals surface area contributed by atoms with Crippen LogP contribution in [-0.4, -0.2) is 18.1 Å². The Hall–Kier alpha value is -1.07. The maximum absolute atomic E-state index is 11.8. The highest BCUT2D eigenvalue weighted by molar-refractivity contribution is 5.17. The van der Waals surface area contributed by atoms with Gasteiger partial charge < -0.3 is 5.11 Å². The zero-order valence-corrected chi connectivity index (χ0v) is 7.16. The molecule has 0 aliphatic carbocycles. The quantitative estimate of drug-likeness (QED) is 0.821. The number of hydrogen-bond donors (Lipinski definition) is 1. The Balaban J connectivity index is 2.73. The Morgan fingerprint density at radius 3 is 2.21 bits per heavy atom. The van der Waals surface area contributed by atoms with E-state index >= 15 is 0 Å². The average molecular weight is 206 g/mol. The van der Waals surface area contributed by atoms with Crippen molar-refractivity contribution in [2.45, 2.75) is 12.5 Å². The van der Waals surface area contributed by atoms with Crippen LogP contribution in [0.2, 0.25) is 0 Å². The molecule has 0 fully saturated rings. The molecule has 78 valence electrons. The number of halogens is 3. The molecule has 0 radical (unpaired) electrons. The normalized spacial score (nSPS) is 14.0. The average Bonchev–Trinajstić information content (AvgIpc) is 2.14. The molecule has 2 nitrogen and oxygen atoms in total. The predicted octanol–water partition coefficient (Wildman–Crippen LogP) is 2.26. The van der Waals surface area contributed by atoms with Gasteiger partial charge in [0.05, 0.1) is 6.61 Å². The van der Waals surface area contributed by atoms with Crippen LogP contribution < -0.4 is 0 Å². The molecule has 1 rings (SSSR count). The molecule has 0 bridgehead atoms. The van der Waals surface area contributed by atoms with Gasteiger partial charge in [0.2, 0.25) is 0 Å². The summed E-state index contributed by atoms with van der Waals surface area (Å²) in [5.41, 5.74) is 0.298. The highest BCUT2D eigenvalue weighted by Gasteiger charge is 2.33. The first-order valence-corrected chi connectivity index (χ1v) is 3.93. The molecule has 0 aromatic heterocycles. The SMILES string of the molecule is OCC(OC(F)(F)F)c1ccccc1. The van der Waals surface area contributed by atoms with Crippen molar-refractivity contribution in [3.63, 3.8) is 0 Å². The summed E-state index contributed by atoms with van der Waals surface area (Å²) in [6, 6.07) is 7.76. The molecule has 0 aliphatic heterocycles. The summed E-state index contributed by atoms with van der Waals surface area (Å²) in [6.45, 7) is -0.705. The van der Waals surface area contributed by atoms with E-state index in [1.807, 2.05) is 0 Å². The van der Waals surface area contributed by atoms with Crippen LogP contribution in [-0.2, 0) is 4.74 Å². The molecule has 0 amide bonds. The first-order valence-electron chi connectivity index (χ1n) is 3.93. The van der Waals surface area contributed by atoms with Crippen molar-refractivity contribution in [3.8, 4) is 0 Å².